The molecule has 4 nitrogen and oxygen atoms in total. The van der Waals surface area contributed by atoms with Gasteiger partial charge >= 0.3 is 0 Å². The number of hydrogen-bond donors (Lipinski definition) is 1. The van der Waals surface area contributed by atoms with E-state index in [9.17, 15) is 4.79 Å². The van der Waals surface area contributed by atoms with E-state index in [4.69, 9.17) is 0 Å². The molecule has 5 heteroatoms. The average Bonchev–Trinajstić information content (AvgIpc) is 2.84. The van der Waals surface area contributed by atoms with Crippen LogP contribution >= 0.6 is 15.9 Å². The van der Waals surface area contributed by atoms with Crippen LogP contribution in [0.25, 0.3) is 0 Å². The number of aryl methyl sites for hydroxylation is 1. The van der Waals surface area contributed by atoms with Gasteiger partial charge in [-0.2, -0.15) is 0 Å². The van der Waals surface area contributed by atoms with Crippen molar-refractivity contribution in [1.29, 1.82) is 0 Å². The second kappa shape index (κ2) is 5.35. The number of halogens is 1. The molecular weight excluding hydrogens is 294 g/mol. The van der Waals surface area contributed by atoms with Crippen molar-refractivity contribution in [2.45, 2.75) is 13.5 Å². The monoisotopic (exact) mass is 307 g/mol. The number of nitrogens with one attached hydrogen (secondary N) is 1. The summed E-state index contributed by atoms with van der Waals surface area (Å²) in [5.74, 6) is 0.754. The third-order valence-electron chi connectivity index (χ3n) is 2.71. The first-order chi connectivity index (χ1) is 8.58. The summed E-state index contributed by atoms with van der Waals surface area (Å²) in [7, 11) is 1.76. The minimum absolute atomic E-state index is 0.0212. The molecule has 0 atom stereocenters. The topological polar surface area (TPSA) is 49.0 Å². The van der Waals surface area contributed by atoms with Crippen molar-refractivity contribution < 1.29 is 4.79 Å². The van der Waals surface area contributed by atoms with Gasteiger partial charge in [-0.1, -0.05) is 22.0 Å². The van der Waals surface area contributed by atoms with Crippen LogP contribution in [0.2, 0.25) is 0 Å². The van der Waals surface area contributed by atoms with Gasteiger partial charge in [-0.05, 0) is 24.6 Å². The lowest BCUT2D eigenvalue weighted by Crippen LogP contribution is -2.26. The van der Waals surface area contributed by atoms with E-state index in [2.05, 4.69) is 25.9 Å². The van der Waals surface area contributed by atoms with Crippen LogP contribution in [0.1, 0.15) is 21.7 Å². The summed E-state index contributed by atoms with van der Waals surface area (Å²) >= 11 is 3.43. The van der Waals surface area contributed by atoms with E-state index < -0.39 is 0 Å². The first kappa shape index (κ1) is 12.8. The standard InChI is InChI=1S/C13H14BrN3O/c1-9-3-4-10(7-11(9)14)13(18)17(2)8-12-15-5-6-16-12/h3-7H,8H2,1-2H3,(H,15,16). The van der Waals surface area contributed by atoms with Gasteiger partial charge in [0.2, 0.25) is 0 Å². The number of amides is 1. The smallest absolute Gasteiger partial charge is 0.254 e. The molecule has 1 amide bonds. The molecule has 0 fully saturated rings. The molecule has 0 saturated heterocycles. The van der Waals surface area contributed by atoms with Gasteiger partial charge in [-0.15, -0.1) is 0 Å². The normalized spacial score (nSPS) is 10.4. The maximum absolute atomic E-state index is 12.2. The van der Waals surface area contributed by atoms with Crippen LogP contribution in [-0.4, -0.2) is 27.8 Å². The van der Waals surface area contributed by atoms with Crippen molar-refractivity contribution in [1.82, 2.24) is 14.9 Å². The highest BCUT2D eigenvalue weighted by Crippen LogP contribution is 2.18. The Labute approximate surface area is 114 Å². The molecule has 94 valence electrons. The Morgan fingerprint density at radius 2 is 2.28 bits per heavy atom. The largest absolute Gasteiger partial charge is 0.347 e. The Kier molecular flexibility index (Phi) is 3.81. The lowest BCUT2D eigenvalue weighted by molar-refractivity contribution is 0.0782. The molecule has 1 aromatic carbocycles. The second-order valence-electron chi connectivity index (χ2n) is 4.16. The average molecular weight is 308 g/mol. The molecule has 1 heterocycles. The first-order valence-electron chi connectivity index (χ1n) is 5.58. The van der Waals surface area contributed by atoms with Crippen molar-refractivity contribution in [2.75, 3.05) is 7.05 Å². The van der Waals surface area contributed by atoms with Crippen molar-refractivity contribution in [3.05, 3.63) is 52.0 Å². The number of rotatable bonds is 3. The third-order valence-corrected chi connectivity index (χ3v) is 3.56. The van der Waals surface area contributed by atoms with Crippen molar-refractivity contribution in [2.24, 2.45) is 0 Å². The molecule has 0 saturated carbocycles. The van der Waals surface area contributed by atoms with Gasteiger partial charge in [0.25, 0.3) is 5.91 Å². The second-order valence-corrected chi connectivity index (χ2v) is 5.02. The van der Waals surface area contributed by atoms with Gasteiger partial charge in [0.05, 0.1) is 6.54 Å². The van der Waals surface area contributed by atoms with Crippen molar-refractivity contribution in [3.63, 3.8) is 0 Å². The first-order valence-corrected chi connectivity index (χ1v) is 6.37. The van der Waals surface area contributed by atoms with E-state index >= 15 is 0 Å². The number of H-pyrrole nitrogens is 1. The zero-order valence-corrected chi connectivity index (χ0v) is 11.9. The Bertz CT molecular complexity index is 551. The zero-order valence-electron chi connectivity index (χ0n) is 10.3. The minimum Gasteiger partial charge on any atom is -0.347 e. The Morgan fingerprint density at radius 1 is 1.50 bits per heavy atom. The van der Waals surface area contributed by atoms with Gasteiger partial charge in [-0.25, -0.2) is 4.98 Å². The molecule has 18 heavy (non-hydrogen) atoms. The van der Waals surface area contributed by atoms with E-state index in [1.807, 2.05) is 25.1 Å². The number of carbonyl (C=O) groups excluding carboxylic acids is 1. The van der Waals surface area contributed by atoms with Crippen LogP contribution in [-0.2, 0) is 6.54 Å². The number of aromatic nitrogens is 2. The van der Waals surface area contributed by atoms with Gasteiger partial charge in [-0.3, -0.25) is 4.79 Å². The van der Waals surface area contributed by atoms with Crippen LogP contribution in [0.4, 0.5) is 0 Å². The van der Waals surface area contributed by atoms with Gasteiger partial charge in [0, 0.05) is 29.5 Å². The number of carbonyl (C=O) groups is 1. The molecule has 0 unspecified atom stereocenters. The number of benzene rings is 1. The highest BCUT2D eigenvalue weighted by atomic mass is 79.9. The Balaban J connectivity index is 2.12. The summed E-state index contributed by atoms with van der Waals surface area (Å²) in [6.07, 6.45) is 3.42. The molecule has 0 aliphatic rings. The summed E-state index contributed by atoms with van der Waals surface area (Å²) in [6.45, 7) is 2.46. The fourth-order valence-corrected chi connectivity index (χ4v) is 2.01. The summed E-state index contributed by atoms with van der Waals surface area (Å²) in [5.41, 5.74) is 1.78. The highest BCUT2D eigenvalue weighted by Gasteiger charge is 2.13. The predicted molar refractivity (Wildman–Crippen MR) is 73.3 cm³/mol. The minimum atomic E-state index is -0.0212. The molecule has 1 N–H and O–H groups in total. The third kappa shape index (κ3) is 2.79. The van der Waals surface area contributed by atoms with Crippen LogP contribution in [0.5, 0.6) is 0 Å². The molecule has 0 radical (unpaired) electrons. The molecular formula is C13H14BrN3O. The summed E-state index contributed by atoms with van der Waals surface area (Å²) in [5, 5.41) is 0. The SMILES string of the molecule is Cc1ccc(C(=O)N(C)Cc2ncc[nH]2)cc1Br. The van der Waals surface area contributed by atoms with E-state index in [1.54, 1.807) is 24.3 Å². The lowest BCUT2D eigenvalue weighted by atomic mass is 10.1. The number of nitrogens with zero attached hydrogens (tertiary/aromatic N) is 2. The molecule has 0 aliphatic heterocycles. The van der Waals surface area contributed by atoms with E-state index in [0.717, 1.165) is 15.9 Å². The summed E-state index contributed by atoms with van der Waals surface area (Å²) < 4.78 is 0.944. The number of imidazole rings is 1. The quantitative estimate of drug-likeness (QED) is 0.948. The van der Waals surface area contributed by atoms with E-state index in [1.165, 1.54) is 0 Å². The van der Waals surface area contributed by atoms with Gasteiger partial charge < -0.3 is 9.88 Å². The zero-order chi connectivity index (χ0) is 13.1. The summed E-state index contributed by atoms with van der Waals surface area (Å²) in [4.78, 5) is 20.9. The highest BCUT2D eigenvalue weighted by molar-refractivity contribution is 9.10. The van der Waals surface area contributed by atoms with E-state index in [0.29, 0.717) is 12.1 Å². The number of aromatic amines is 1. The molecule has 0 spiro atoms. The van der Waals surface area contributed by atoms with Crippen molar-refractivity contribution in [3.8, 4) is 0 Å². The Morgan fingerprint density at radius 3 is 2.89 bits per heavy atom. The van der Waals surface area contributed by atoms with Crippen LogP contribution < -0.4 is 0 Å². The van der Waals surface area contributed by atoms with Gasteiger partial charge in [0.1, 0.15) is 5.82 Å². The fourth-order valence-electron chi connectivity index (χ4n) is 1.63. The van der Waals surface area contributed by atoms with Crippen LogP contribution in [0.3, 0.4) is 0 Å². The van der Waals surface area contributed by atoms with Crippen LogP contribution in [0, 0.1) is 6.92 Å². The number of hydrogen-bond acceptors (Lipinski definition) is 2. The molecule has 1 aromatic heterocycles. The molecule has 2 rings (SSSR count). The molecule has 2 aromatic rings. The maximum Gasteiger partial charge on any atom is 0.254 e. The van der Waals surface area contributed by atoms with Crippen LogP contribution in [0.15, 0.2) is 35.1 Å². The molecule has 0 bridgehead atoms. The predicted octanol–water partition coefficient (Wildman–Crippen LogP) is 2.75. The Hall–Kier alpha value is -1.62. The maximum atomic E-state index is 12.2. The van der Waals surface area contributed by atoms with Gasteiger partial charge in [0.15, 0.2) is 0 Å². The van der Waals surface area contributed by atoms with Crippen molar-refractivity contribution >= 4 is 21.8 Å². The van der Waals surface area contributed by atoms with E-state index in [-0.39, 0.29) is 5.91 Å². The molecule has 0 aliphatic carbocycles. The lowest BCUT2D eigenvalue weighted by Gasteiger charge is -2.16. The fraction of sp³-hybridized carbons (Fsp3) is 0.231. The summed E-state index contributed by atoms with van der Waals surface area (Å²) in [6, 6.07) is 5.61.